The zero-order chi connectivity index (χ0) is 15.3. The molecule has 1 aromatic rings. The Balaban J connectivity index is 2.77. The Morgan fingerprint density at radius 3 is 2.45 bits per heavy atom. The Bertz CT molecular complexity index is 478. The van der Waals surface area contributed by atoms with E-state index in [1.165, 1.54) is 0 Å². The minimum absolute atomic E-state index is 0.0778. The molecular formula is C14H24N4O2. The molecular weight excluding hydrogens is 256 g/mol. The smallest absolute Gasteiger partial charge is 0.268 e. The van der Waals surface area contributed by atoms with Crippen LogP contribution >= 0.6 is 0 Å². The van der Waals surface area contributed by atoms with Crippen molar-refractivity contribution in [2.75, 3.05) is 18.8 Å². The van der Waals surface area contributed by atoms with E-state index in [0.717, 1.165) is 0 Å². The van der Waals surface area contributed by atoms with Crippen molar-refractivity contribution in [2.45, 2.75) is 40.3 Å². The number of nitrogens with one attached hydrogen (secondary N) is 1. The molecule has 0 saturated heterocycles. The van der Waals surface area contributed by atoms with Gasteiger partial charge in [-0.15, -0.1) is 0 Å². The molecule has 1 rings (SSSR count). The highest BCUT2D eigenvalue weighted by Gasteiger charge is 2.22. The van der Waals surface area contributed by atoms with Gasteiger partial charge in [-0.05, 0) is 33.8 Å². The summed E-state index contributed by atoms with van der Waals surface area (Å²) in [4.78, 5) is 26.0. The Labute approximate surface area is 119 Å². The van der Waals surface area contributed by atoms with Crippen LogP contribution in [0.5, 0.6) is 0 Å². The van der Waals surface area contributed by atoms with Crippen molar-refractivity contribution < 1.29 is 9.59 Å². The molecule has 1 aromatic heterocycles. The number of amides is 2. The van der Waals surface area contributed by atoms with Gasteiger partial charge in [-0.2, -0.15) is 0 Å². The molecule has 6 nitrogen and oxygen atoms in total. The van der Waals surface area contributed by atoms with Crippen LogP contribution in [0.4, 0.5) is 5.69 Å². The molecule has 112 valence electrons. The van der Waals surface area contributed by atoms with Gasteiger partial charge >= 0.3 is 0 Å². The summed E-state index contributed by atoms with van der Waals surface area (Å²) in [5, 5.41) is 2.73. The third-order valence-corrected chi connectivity index (χ3v) is 3.28. The molecule has 0 aliphatic rings. The van der Waals surface area contributed by atoms with E-state index in [1.807, 2.05) is 20.8 Å². The lowest BCUT2D eigenvalue weighted by atomic mass is 10.2. The normalized spacial score (nSPS) is 12.0. The number of likely N-dealkylation sites (N-methyl/N-ethyl adjacent to an activating group) is 1. The molecule has 0 saturated carbocycles. The Hall–Kier alpha value is -1.98. The molecule has 0 spiro atoms. The van der Waals surface area contributed by atoms with Gasteiger partial charge in [0, 0.05) is 25.8 Å². The number of anilines is 1. The van der Waals surface area contributed by atoms with Crippen LogP contribution in [0.3, 0.4) is 0 Å². The quantitative estimate of drug-likeness (QED) is 0.818. The van der Waals surface area contributed by atoms with Crippen molar-refractivity contribution in [1.82, 2.24) is 14.8 Å². The third-order valence-electron chi connectivity index (χ3n) is 3.28. The SMILES string of the molecule is CCN(CC)C(=O)C(C)NC(=O)c1cc(N)cn1CC. The number of nitrogens with two attached hydrogens (primary N) is 1. The van der Waals surface area contributed by atoms with E-state index < -0.39 is 6.04 Å². The molecule has 0 aliphatic carbocycles. The Morgan fingerprint density at radius 2 is 1.95 bits per heavy atom. The molecule has 0 radical (unpaired) electrons. The zero-order valence-corrected chi connectivity index (χ0v) is 12.6. The van der Waals surface area contributed by atoms with E-state index in [0.29, 0.717) is 31.0 Å². The molecule has 3 N–H and O–H groups in total. The van der Waals surface area contributed by atoms with Crippen molar-refractivity contribution >= 4 is 17.5 Å². The van der Waals surface area contributed by atoms with E-state index in [4.69, 9.17) is 5.73 Å². The first-order valence-electron chi connectivity index (χ1n) is 6.99. The number of rotatable bonds is 6. The van der Waals surface area contributed by atoms with Gasteiger partial charge in [0.15, 0.2) is 0 Å². The molecule has 2 amide bonds. The van der Waals surface area contributed by atoms with Gasteiger partial charge in [0.2, 0.25) is 5.91 Å². The van der Waals surface area contributed by atoms with Gasteiger partial charge in [-0.1, -0.05) is 0 Å². The lowest BCUT2D eigenvalue weighted by molar-refractivity contribution is -0.132. The molecule has 0 aromatic carbocycles. The first kappa shape index (κ1) is 16.1. The van der Waals surface area contributed by atoms with Crippen LogP contribution in [0.1, 0.15) is 38.2 Å². The maximum atomic E-state index is 12.2. The fourth-order valence-electron chi connectivity index (χ4n) is 2.13. The second-order valence-corrected chi connectivity index (χ2v) is 4.65. The number of aryl methyl sites for hydroxylation is 1. The first-order chi connectivity index (χ1) is 9.44. The van der Waals surface area contributed by atoms with Gasteiger partial charge < -0.3 is 20.5 Å². The number of carbonyl (C=O) groups is 2. The summed E-state index contributed by atoms with van der Waals surface area (Å²) in [7, 11) is 0. The predicted molar refractivity (Wildman–Crippen MR) is 79.4 cm³/mol. The van der Waals surface area contributed by atoms with Crippen LogP contribution in [0.2, 0.25) is 0 Å². The van der Waals surface area contributed by atoms with Crippen LogP contribution in [0.25, 0.3) is 0 Å². The van der Waals surface area contributed by atoms with Crippen molar-refractivity contribution in [3.63, 3.8) is 0 Å². The zero-order valence-electron chi connectivity index (χ0n) is 12.6. The number of aromatic nitrogens is 1. The van der Waals surface area contributed by atoms with Gasteiger partial charge in [0.1, 0.15) is 11.7 Å². The predicted octanol–water partition coefficient (Wildman–Crippen LogP) is 1.08. The highest BCUT2D eigenvalue weighted by atomic mass is 16.2. The molecule has 0 bridgehead atoms. The average molecular weight is 280 g/mol. The highest BCUT2D eigenvalue weighted by Crippen LogP contribution is 2.10. The molecule has 1 atom stereocenters. The summed E-state index contributed by atoms with van der Waals surface area (Å²) >= 11 is 0. The summed E-state index contributed by atoms with van der Waals surface area (Å²) < 4.78 is 1.76. The second-order valence-electron chi connectivity index (χ2n) is 4.65. The maximum absolute atomic E-state index is 12.2. The summed E-state index contributed by atoms with van der Waals surface area (Å²) in [6, 6.07) is 1.07. The fraction of sp³-hybridized carbons (Fsp3) is 0.571. The van der Waals surface area contributed by atoms with E-state index >= 15 is 0 Å². The Kier molecular flexibility index (Phi) is 5.61. The van der Waals surface area contributed by atoms with E-state index in [9.17, 15) is 9.59 Å². The average Bonchev–Trinajstić information content (AvgIpc) is 2.81. The van der Waals surface area contributed by atoms with Crippen molar-refractivity contribution in [2.24, 2.45) is 0 Å². The van der Waals surface area contributed by atoms with Gasteiger partial charge in [0.25, 0.3) is 5.91 Å². The summed E-state index contributed by atoms with van der Waals surface area (Å²) in [5.41, 5.74) is 6.72. The first-order valence-corrected chi connectivity index (χ1v) is 6.99. The minimum Gasteiger partial charge on any atom is -0.397 e. The molecule has 0 aliphatic heterocycles. The summed E-state index contributed by atoms with van der Waals surface area (Å²) in [6.07, 6.45) is 1.71. The number of nitrogen functional groups attached to an aromatic ring is 1. The van der Waals surface area contributed by atoms with E-state index in [-0.39, 0.29) is 11.8 Å². The minimum atomic E-state index is -0.552. The lowest BCUT2D eigenvalue weighted by Gasteiger charge is -2.23. The van der Waals surface area contributed by atoms with Crippen molar-refractivity contribution in [1.29, 1.82) is 0 Å². The summed E-state index contributed by atoms with van der Waals surface area (Å²) in [6.45, 7) is 9.37. The standard InChI is InChI=1S/C14H24N4O2/c1-5-17(6-2)14(20)10(4)16-13(19)12-8-11(15)9-18(12)7-3/h8-10H,5-7,15H2,1-4H3,(H,16,19). The number of nitrogens with zero attached hydrogens (tertiary/aromatic N) is 2. The monoisotopic (exact) mass is 280 g/mol. The van der Waals surface area contributed by atoms with Crippen LogP contribution in [0, 0.1) is 0 Å². The van der Waals surface area contributed by atoms with Gasteiger partial charge in [-0.3, -0.25) is 9.59 Å². The van der Waals surface area contributed by atoms with Crippen molar-refractivity contribution in [3.05, 3.63) is 18.0 Å². The lowest BCUT2D eigenvalue weighted by Crippen LogP contribution is -2.47. The number of hydrogen-bond acceptors (Lipinski definition) is 3. The number of hydrogen-bond donors (Lipinski definition) is 2. The number of carbonyl (C=O) groups excluding carboxylic acids is 2. The summed E-state index contributed by atoms with van der Waals surface area (Å²) in [5.74, 6) is -0.359. The third kappa shape index (κ3) is 3.53. The van der Waals surface area contributed by atoms with Gasteiger partial charge in [0.05, 0.1) is 5.69 Å². The largest absolute Gasteiger partial charge is 0.397 e. The molecule has 0 fully saturated rings. The van der Waals surface area contributed by atoms with Crippen LogP contribution < -0.4 is 11.1 Å². The molecule has 6 heteroatoms. The van der Waals surface area contributed by atoms with E-state index in [1.54, 1.807) is 28.7 Å². The van der Waals surface area contributed by atoms with Crippen molar-refractivity contribution in [3.8, 4) is 0 Å². The maximum Gasteiger partial charge on any atom is 0.268 e. The van der Waals surface area contributed by atoms with Crippen LogP contribution in [-0.4, -0.2) is 40.4 Å². The van der Waals surface area contributed by atoms with Crippen LogP contribution in [0.15, 0.2) is 12.3 Å². The second kappa shape index (κ2) is 6.98. The van der Waals surface area contributed by atoms with Gasteiger partial charge in [-0.25, -0.2) is 0 Å². The molecule has 1 heterocycles. The fourth-order valence-corrected chi connectivity index (χ4v) is 2.13. The molecule has 1 unspecified atom stereocenters. The molecule has 20 heavy (non-hydrogen) atoms. The Morgan fingerprint density at radius 1 is 1.35 bits per heavy atom. The topological polar surface area (TPSA) is 80.4 Å². The highest BCUT2D eigenvalue weighted by molar-refractivity contribution is 5.97. The van der Waals surface area contributed by atoms with Crippen LogP contribution in [-0.2, 0) is 11.3 Å². The van der Waals surface area contributed by atoms with E-state index in [2.05, 4.69) is 5.32 Å².